The Bertz CT molecular complexity index is 609. The highest BCUT2D eigenvalue weighted by atomic mass is 35.5. The molecule has 2 aromatic carbocycles. The van der Waals surface area contributed by atoms with Gasteiger partial charge in [0.1, 0.15) is 5.41 Å². The minimum absolute atomic E-state index is 0.194. The number of benzene rings is 2. The first-order chi connectivity index (χ1) is 9.23. The first-order valence-corrected chi connectivity index (χ1v) is 6.60. The lowest BCUT2D eigenvalue weighted by molar-refractivity contribution is -0.141. The Morgan fingerprint density at radius 3 is 2.37 bits per heavy atom. The van der Waals surface area contributed by atoms with Crippen molar-refractivity contribution in [3.05, 3.63) is 70.7 Å². The maximum atomic E-state index is 12.3. The van der Waals surface area contributed by atoms with Crippen molar-refractivity contribution >= 4 is 17.6 Å². The summed E-state index contributed by atoms with van der Waals surface area (Å²) in [6, 6.07) is 17.2. The Morgan fingerprint density at radius 2 is 1.74 bits per heavy atom. The summed E-state index contributed by atoms with van der Waals surface area (Å²) >= 11 is 6.07. The van der Waals surface area contributed by atoms with Gasteiger partial charge in [0, 0.05) is 11.4 Å². The van der Waals surface area contributed by atoms with Gasteiger partial charge in [0.15, 0.2) is 0 Å². The van der Waals surface area contributed by atoms with Crippen molar-refractivity contribution in [2.45, 2.75) is 11.8 Å². The molecule has 1 fully saturated rings. The first kappa shape index (κ1) is 12.2. The molecule has 1 saturated heterocycles. The maximum Gasteiger partial charge on any atom is 0.321 e. The number of ether oxygens (including phenoxy) is 1. The molecule has 96 valence electrons. The van der Waals surface area contributed by atoms with Gasteiger partial charge in [-0.1, -0.05) is 54.1 Å². The predicted octanol–water partition coefficient (Wildman–Crippen LogP) is 3.57. The third-order valence-electron chi connectivity index (χ3n) is 3.64. The second-order valence-corrected chi connectivity index (χ2v) is 5.10. The van der Waals surface area contributed by atoms with Gasteiger partial charge in [0.25, 0.3) is 0 Å². The van der Waals surface area contributed by atoms with Crippen LogP contribution in [0.3, 0.4) is 0 Å². The van der Waals surface area contributed by atoms with E-state index in [1.54, 1.807) is 0 Å². The Labute approximate surface area is 117 Å². The van der Waals surface area contributed by atoms with E-state index in [-0.39, 0.29) is 5.97 Å². The minimum Gasteiger partial charge on any atom is -0.465 e. The monoisotopic (exact) mass is 272 g/mol. The molecule has 0 N–H and O–H groups in total. The maximum absolute atomic E-state index is 12.3. The average Bonchev–Trinajstić information content (AvgIpc) is 2.82. The summed E-state index contributed by atoms with van der Waals surface area (Å²) in [5, 5.41) is 0.632. The molecule has 19 heavy (non-hydrogen) atoms. The molecule has 1 heterocycles. The Morgan fingerprint density at radius 1 is 1.00 bits per heavy atom. The lowest BCUT2D eigenvalue weighted by atomic mass is 9.73. The van der Waals surface area contributed by atoms with Gasteiger partial charge in [-0.25, -0.2) is 0 Å². The van der Waals surface area contributed by atoms with Crippen molar-refractivity contribution in [1.29, 1.82) is 0 Å². The molecule has 0 amide bonds. The molecule has 0 saturated carbocycles. The van der Waals surface area contributed by atoms with Crippen molar-refractivity contribution in [2.24, 2.45) is 0 Å². The van der Waals surface area contributed by atoms with Gasteiger partial charge >= 0.3 is 5.97 Å². The molecule has 0 aliphatic carbocycles. The van der Waals surface area contributed by atoms with E-state index in [0.717, 1.165) is 11.1 Å². The highest BCUT2D eigenvalue weighted by Crippen LogP contribution is 2.41. The smallest absolute Gasteiger partial charge is 0.321 e. The zero-order valence-corrected chi connectivity index (χ0v) is 11.1. The second kappa shape index (κ2) is 4.71. The van der Waals surface area contributed by atoms with Gasteiger partial charge in [0.2, 0.25) is 0 Å². The molecule has 0 radical (unpaired) electrons. The molecule has 1 aliphatic rings. The van der Waals surface area contributed by atoms with E-state index in [0.29, 0.717) is 18.1 Å². The Balaban J connectivity index is 2.21. The van der Waals surface area contributed by atoms with Crippen LogP contribution in [-0.2, 0) is 14.9 Å². The van der Waals surface area contributed by atoms with E-state index in [2.05, 4.69) is 0 Å². The van der Waals surface area contributed by atoms with Gasteiger partial charge < -0.3 is 4.74 Å². The number of rotatable bonds is 2. The molecule has 3 rings (SSSR count). The molecule has 1 aliphatic heterocycles. The van der Waals surface area contributed by atoms with Gasteiger partial charge in [-0.3, -0.25) is 4.79 Å². The van der Waals surface area contributed by atoms with Gasteiger partial charge in [0.05, 0.1) is 6.61 Å². The van der Waals surface area contributed by atoms with E-state index in [9.17, 15) is 4.79 Å². The van der Waals surface area contributed by atoms with Crippen LogP contribution in [0.5, 0.6) is 0 Å². The third kappa shape index (κ3) is 1.92. The van der Waals surface area contributed by atoms with E-state index in [1.165, 1.54) is 0 Å². The molecule has 1 atom stereocenters. The third-order valence-corrected chi connectivity index (χ3v) is 3.88. The minimum atomic E-state index is -0.716. The predicted molar refractivity (Wildman–Crippen MR) is 74.3 cm³/mol. The van der Waals surface area contributed by atoms with Crippen LogP contribution in [0.1, 0.15) is 17.5 Å². The van der Waals surface area contributed by atoms with Crippen molar-refractivity contribution in [1.82, 2.24) is 0 Å². The van der Waals surface area contributed by atoms with E-state index >= 15 is 0 Å². The Kier molecular flexibility index (Phi) is 3.03. The number of carbonyl (C=O) groups excluding carboxylic acids is 1. The van der Waals surface area contributed by atoms with Gasteiger partial charge in [-0.15, -0.1) is 0 Å². The fourth-order valence-corrected chi connectivity index (χ4v) is 2.88. The molecule has 2 nitrogen and oxygen atoms in total. The molecule has 0 spiro atoms. The van der Waals surface area contributed by atoms with Gasteiger partial charge in [-0.05, 0) is 23.3 Å². The van der Waals surface area contributed by atoms with Crippen molar-refractivity contribution in [3.63, 3.8) is 0 Å². The zero-order valence-electron chi connectivity index (χ0n) is 10.3. The number of halogens is 1. The number of cyclic esters (lactones) is 1. The van der Waals surface area contributed by atoms with Crippen LogP contribution in [0.2, 0.25) is 5.02 Å². The van der Waals surface area contributed by atoms with Crippen LogP contribution in [0.15, 0.2) is 54.6 Å². The summed E-state index contributed by atoms with van der Waals surface area (Å²) in [5.41, 5.74) is 1.14. The summed E-state index contributed by atoms with van der Waals surface area (Å²) < 4.78 is 5.24. The molecular formula is C16H13ClO2. The molecule has 2 aromatic rings. The molecule has 1 unspecified atom stereocenters. The van der Waals surface area contributed by atoms with Crippen LogP contribution in [-0.4, -0.2) is 12.6 Å². The average molecular weight is 273 g/mol. The topological polar surface area (TPSA) is 26.3 Å². The summed E-state index contributed by atoms with van der Waals surface area (Å²) in [6.07, 6.45) is 0.649. The number of carbonyl (C=O) groups is 1. The molecule has 3 heteroatoms. The van der Waals surface area contributed by atoms with E-state index < -0.39 is 5.41 Å². The number of hydrogen-bond acceptors (Lipinski definition) is 2. The van der Waals surface area contributed by atoms with Crippen molar-refractivity contribution in [2.75, 3.05) is 6.61 Å². The lowest BCUT2D eigenvalue weighted by Crippen LogP contribution is -2.32. The molecule has 0 bridgehead atoms. The quantitative estimate of drug-likeness (QED) is 0.781. The van der Waals surface area contributed by atoms with Gasteiger partial charge in [-0.2, -0.15) is 0 Å². The number of hydrogen-bond donors (Lipinski definition) is 0. The highest BCUT2D eigenvalue weighted by Gasteiger charge is 2.47. The normalized spacial score (nSPS) is 22.3. The highest BCUT2D eigenvalue weighted by molar-refractivity contribution is 6.30. The summed E-state index contributed by atoms with van der Waals surface area (Å²) in [7, 11) is 0. The van der Waals surface area contributed by atoms with Crippen LogP contribution in [0.25, 0.3) is 0 Å². The van der Waals surface area contributed by atoms with E-state index in [4.69, 9.17) is 16.3 Å². The zero-order chi connectivity index (χ0) is 13.3. The summed E-state index contributed by atoms with van der Waals surface area (Å²) in [4.78, 5) is 12.3. The van der Waals surface area contributed by atoms with Crippen molar-refractivity contribution < 1.29 is 9.53 Å². The van der Waals surface area contributed by atoms with Crippen LogP contribution in [0, 0.1) is 0 Å². The lowest BCUT2D eigenvalue weighted by Gasteiger charge is -2.26. The largest absolute Gasteiger partial charge is 0.465 e. The summed E-state index contributed by atoms with van der Waals surface area (Å²) in [6.45, 7) is 0.445. The fourth-order valence-electron chi connectivity index (χ4n) is 2.69. The van der Waals surface area contributed by atoms with E-state index in [1.807, 2.05) is 54.6 Å². The fraction of sp³-hybridized carbons (Fsp3) is 0.188. The summed E-state index contributed by atoms with van der Waals surface area (Å²) in [5.74, 6) is -0.194. The van der Waals surface area contributed by atoms with Crippen LogP contribution in [0.4, 0.5) is 0 Å². The second-order valence-electron chi connectivity index (χ2n) is 4.67. The number of esters is 1. The SMILES string of the molecule is O=C1OCCC1(c1ccccc1)c1cccc(Cl)c1. The standard InChI is InChI=1S/C16H13ClO2/c17-14-8-4-7-13(11-14)16(9-10-19-15(16)18)12-5-2-1-3-6-12/h1-8,11H,9-10H2. The first-order valence-electron chi connectivity index (χ1n) is 6.22. The molecule has 0 aromatic heterocycles. The van der Waals surface area contributed by atoms with Crippen LogP contribution >= 0.6 is 11.6 Å². The van der Waals surface area contributed by atoms with Crippen molar-refractivity contribution in [3.8, 4) is 0 Å². The Hall–Kier alpha value is -1.80. The van der Waals surface area contributed by atoms with Crippen LogP contribution < -0.4 is 0 Å². The molecular weight excluding hydrogens is 260 g/mol.